The first-order valence-electron chi connectivity index (χ1n) is 6.77. The smallest absolute Gasteiger partial charge is 0.255 e. The van der Waals surface area contributed by atoms with Crippen molar-refractivity contribution in [3.05, 3.63) is 48.5 Å². The van der Waals surface area contributed by atoms with Crippen LogP contribution in [0.4, 0.5) is 11.6 Å². The van der Waals surface area contributed by atoms with Crippen LogP contribution in [0, 0.1) is 0 Å². The van der Waals surface area contributed by atoms with E-state index in [1.165, 1.54) is 11.0 Å². The Morgan fingerprint density at radius 1 is 1.22 bits per heavy atom. The summed E-state index contributed by atoms with van der Waals surface area (Å²) in [7, 11) is 3.69. The molecule has 1 aromatic carbocycles. The van der Waals surface area contributed by atoms with E-state index in [0.717, 1.165) is 0 Å². The molecule has 0 fully saturated rings. The summed E-state index contributed by atoms with van der Waals surface area (Å²) < 4.78 is 1.48. The highest BCUT2D eigenvalue weighted by atomic mass is 16.1. The number of nitrogens with one attached hydrogen (secondary N) is 1. The van der Waals surface area contributed by atoms with E-state index in [1.807, 2.05) is 20.2 Å². The zero-order valence-electron chi connectivity index (χ0n) is 12.6. The van der Waals surface area contributed by atoms with E-state index >= 15 is 0 Å². The number of carbonyl (C=O) groups excluding carboxylic acids is 1. The van der Waals surface area contributed by atoms with Crippen LogP contribution in [0.2, 0.25) is 0 Å². The van der Waals surface area contributed by atoms with E-state index in [1.54, 1.807) is 35.5 Å². The number of rotatable bonds is 4. The predicted molar refractivity (Wildman–Crippen MR) is 83.5 cm³/mol. The zero-order valence-corrected chi connectivity index (χ0v) is 12.6. The molecule has 0 bridgehead atoms. The van der Waals surface area contributed by atoms with Gasteiger partial charge in [-0.3, -0.25) is 4.79 Å². The van der Waals surface area contributed by atoms with Gasteiger partial charge in [0.15, 0.2) is 0 Å². The van der Waals surface area contributed by atoms with Crippen molar-refractivity contribution in [3.63, 3.8) is 0 Å². The fourth-order valence-corrected chi connectivity index (χ4v) is 1.89. The van der Waals surface area contributed by atoms with Gasteiger partial charge in [0, 0.05) is 19.7 Å². The summed E-state index contributed by atoms with van der Waals surface area (Å²) in [5.74, 6) is 0.310. The highest BCUT2D eigenvalue weighted by Crippen LogP contribution is 2.12. The summed E-state index contributed by atoms with van der Waals surface area (Å²) in [6.07, 6.45) is 4.59. The van der Waals surface area contributed by atoms with Crippen molar-refractivity contribution in [2.24, 2.45) is 0 Å². The molecular weight excluding hydrogens is 296 g/mol. The SMILES string of the molecule is CN(C)c1ncc(NC(=O)c2cccc(-n3cnnn3)c2)cn1. The number of carbonyl (C=O) groups is 1. The van der Waals surface area contributed by atoms with Gasteiger partial charge in [-0.1, -0.05) is 6.07 Å². The fourth-order valence-electron chi connectivity index (χ4n) is 1.89. The second kappa shape index (κ2) is 6.18. The second-order valence-corrected chi connectivity index (χ2v) is 4.93. The maximum Gasteiger partial charge on any atom is 0.255 e. The molecule has 3 aromatic rings. The van der Waals surface area contributed by atoms with E-state index in [9.17, 15) is 4.79 Å². The molecule has 1 amide bonds. The van der Waals surface area contributed by atoms with Crippen molar-refractivity contribution in [2.75, 3.05) is 24.3 Å². The van der Waals surface area contributed by atoms with Crippen molar-refractivity contribution in [1.29, 1.82) is 0 Å². The molecule has 23 heavy (non-hydrogen) atoms. The average Bonchev–Trinajstić information content (AvgIpc) is 3.10. The molecule has 0 atom stereocenters. The zero-order chi connectivity index (χ0) is 16.2. The van der Waals surface area contributed by atoms with Gasteiger partial charge in [0.25, 0.3) is 5.91 Å². The molecule has 0 aliphatic rings. The minimum atomic E-state index is -0.263. The van der Waals surface area contributed by atoms with Gasteiger partial charge in [0.1, 0.15) is 6.33 Å². The summed E-state index contributed by atoms with van der Waals surface area (Å²) in [6, 6.07) is 6.97. The average molecular weight is 310 g/mol. The van der Waals surface area contributed by atoms with Crippen LogP contribution < -0.4 is 10.2 Å². The lowest BCUT2D eigenvalue weighted by atomic mass is 10.2. The van der Waals surface area contributed by atoms with Crippen LogP contribution in [0.25, 0.3) is 5.69 Å². The molecule has 0 aliphatic heterocycles. The van der Waals surface area contributed by atoms with E-state index in [0.29, 0.717) is 22.9 Å². The van der Waals surface area contributed by atoms with Crippen LogP contribution in [0.1, 0.15) is 10.4 Å². The van der Waals surface area contributed by atoms with Crippen LogP contribution >= 0.6 is 0 Å². The van der Waals surface area contributed by atoms with Crippen molar-refractivity contribution in [3.8, 4) is 5.69 Å². The lowest BCUT2D eigenvalue weighted by molar-refractivity contribution is 0.102. The highest BCUT2D eigenvalue weighted by Gasteiger charge is 2.09. The Morgan fingerprint density at radius 3 is 2.65 bits per heavy atom. The van der Waals surface area contributed by atoms with Gasteiger partial charge in [0.05, 0.1) is 23.8 Å². The minimum Gasteiger partial charge on any atom is -0.347 e. The number of aromatic nitrogens is 6. The first-order valence-corrected chi connectivity index (χ1v) is 6.77. The molecule has 116 valence electrons. The van der Waals surface area contributed by atoms with Gasteiger partial charge in [0.2, 0.25) is 5.95 Å². The van der Waals surface area contributed by atoms with E-state index in [2.05, 4.69) is 30.8 Å². The summed E-state index contributed by atoms with van der Waals surface area (Å²) >= 11 is 0. The minimum absolute atomic E-state index is 0.263. The van der Waals surface area contributed by atoms with Crippen LogP contribution in [0.5, 0.6) is 0 Å². The third kappa shape index (κ3) is 3.28. The summed E-state index contributed by atoms with van der Waals surface area (Å²) in [5, 5.41) is 13.7. The molecule has 9 nitrogen and oxygen atoms in total. The third-order valence-corrected chi connectivity index (χ3v) is 3.02. The van der Waals surface area contributed by atoms with Crippen LogP contribution in [0.15, 0.2) is 43.0 Å². The van der Waals surface area contributed by atoms with Gasteiger partial charge in [-0.05, 0) is 28.6 Å². The normalized spacial score (nSPS) is 10.3. The number of hydrogen-bond donors (Lipinski definition) is 1. The molecule has 0 spiro atoms. The first-order chi connectivity index (χ1) is 11.1. The molecule has 0 saturated carbocycles. The Kier molecular flexibility index (Phi) is 3.91. The fraction of sp³-hybridized carbons (Fsp3) is 0.143. The molecular formula is C14H14N8O. The van der Waals surface area contributed by atoms with E-state index in [-0.39, 0.29) is 5.91 Å². The van der Waals surface area contributed by atoms with Crippen LogP contribution in [0.3, 0.4) is 0 Å². The lowest BCUT2D eigenvalue weighted by Gasteiger charge is -2.10. The van der Waals surface area contributed by atoms with Crippen LogP contribution in [-0.4, -0.2) is 50.2 Å². The first kappa shape index (κ1) is 14.6. The lowest BCUT2D eigenvalue weighted by Crippen LogP contribution is -2.15. The third-order valence-electron chi connectivity index (χ3n) is 3.02. The Balaban J connectivity index is 1.77. The largest absolute Gasteiger partial charge is 0.347 e. The summed E-state index contributed by atoms with van der Waals surface area (Å²) in [4.78, 5) is 22.4. The van der Waals surface area contributed by atoms with Gasteiger partial charge in [-0.15, -0.1) is 5.10 Å². The quantitative estimate of drug-likeness (QED) is 0.759. The topological polar surface area (TPSA) is 102 Å². The van der Waals surface area contributed by atoms with Gasteiger partial charge >= 0.3 is 0 Å². The number of hydrogen-bond acceptors (Lipinski definition) is 7. The molecule has 0 aliphatic carbocycles. The molecule has 1 N–H and O–H groups in total. The number of anilines is 2. The maximum absolute atomic E-state index is 12.3. The monoisotopic (exact) mass is 310 g/mol. The Morgan fingerprint density at radius 2 is 2.00 bits per heavy atom. The van der Waals surface area contributed by atoms with Crippen molar-refractivity contribution >= 4 is 17.5 Å². The maximum atomic E-state index is 12.3. The van der Waals surface area contributed by atoms with Crippen molar-refractivity contribution in [2.45, 2.75) is 0 Å². The molecule has 9 heteroatoms. The summed E-state index contributed by atoms with van der Waals surface area (Å²) in [6.45, 7) is 0. The Bertz CT molecular complexity index is 798. The highest BCUT2D eigenvalue weighted by molar-refractivity contribution is 6.04. The van der Waals surface area contributed by atoms with Crippen LogP contribution in [-0.2, 0) is 0 Å². The van der Waals surface area contributed by atoms with Gasteiger partial charge < -0.3 is 10.2 Å². The van der Waals surface area contributed by atoms with Gasteiger partial charge in [-0.2, -0.15) is 0 Å². The second-order valence-electron chi connectivity index (χ2n) is 4.93. The van der Waals surface area contributed by atoms with Crippen molar-refractivity contribution < 1.29 is 4.79 Å². The molecule has 2 aromatic heterocycles. The standard InChI is InChI=1S/C14H14N8O/c1-21(2)14-15-7-11(8-16-14)18-13(23)10-4-3-5-12(6-10)22-9-17-19-20-22/h3-9H,1-2H3,(H,18,23). The van der Waals surface area contributed by atoms with E-state index in [4.69, 9.17) is 0 Å². The molecule has 0 saturated heterocycles. The molecule has 0 radical (unpaired) electrons. The van der Waals surface area contributed by atoms with Crippen molar-refractivity contribution in [1.82, 2.24) is 30.2 Å². The number of tetrazole rings is 1. The molecule has 0 unspecified atom stereocenters. The molecule has 3 rings (SSSR count). The van der Waals surface area contributed by atoms with E-state index < -0.39 is 0 Å². The number of nitrogens with zero attached hydrogens (tertiary/aromatic N) is 7. The Labute approximate surface area is 132 Å². The molecule has 2 heterocycles. The Hall–Kier alpha value is -3.36. The predicted octanol–water partition coefficient (Wildman–Crippen LogP) is 0.771. The summed E-state index contributed by atoms with van der Waals surface area (Å²) in [5.41, 5.74) is 1.70. The number of amides is 1. The number of benzene rings is 1. The van der Waals surface area contributed by atoms with Gasteiger partial charge in [-0.25, -0.2) is 14.6 Å².